The van der Waals surface area contributed by atoms with E-state index in [0.717, 1.165) is 16.3 Å². The summed E-state index contributed by atoms with van der Waals surface area (Å²) in [5, 5.41) is 2.16. The van der Waals surface area contributed by atoms with Crippen molar-refractivity contribution in [2.75, 3.05) is 7.11 Å². The van der Waals surface area contributed by atoms with Gasteiger partial charge < -0.3 is 4.74 Å². The van der Waals surface area contributed by atoms with Gasteiger partial charge in [0.1, 0.15) is 0 Å². The minimum atomic E-state index is -0.448. The van der Waals surface area contributed by atoms with Gasteiger partial charge in [0.25, 0.3) is 0 Å². The van der Waals surface area contributed by atoms with Gasteiger partial charge in [0.05, 0.1) is 12.7 Å². The number of Topliss-reactive ketones (excluding diaryl/α,β-unsaturated/α-hetero) is 2. The second kappa shape index (κ2) is 8.17. The number of benzene rings is 3. The van der Waals surface area contributed by atoms with Crippen LogP contribution in [0.2, 0.25) is 0 Å². The fourth-order valence-electron chi connectivity index (χ4n) is 3.35. The number of hydrogen-bond acceptors (Lipinski definition) is 4. The van der Waals surface area contributed by atoms with E-state index in [1.807, 2.05) is 25.1 Å². The summed E-state index contributed by atoms with van der Waals surface area (Å²) in [6.45, 7) is 4.09. The second-order valence-electron chi connectivity index (χ2n) is 6.93. The molecule has 0 atom stereocenters. The van der Waals surface area contributed by atoms with Gasteiger partial charge in [-0.2, -0.15) is 0 Å². The Labute approximate surface area is 164 Å². The minimum Gasteiger partial charge on any atom is -0.465 e. The lowest BCUT2D eigenvalue weighted by atomic mass is 9.96. The fourth-order valence-corrected chi connectivity index (χ4v) is 3.35. The molecule has 3 aromatic rings. The predicted molar refractivity (Wildman–Crippen MR) is 109 cm³/mol. The Morgan fingerprint density at radius 1 is 0.750 bits per heavy atom. The standard InChI is InChI=1S/C24H22O4/c1-15-12-16(2)21-9-8-19(14-20(21)13-15)23(26)11-10-22(25)17-4-6-18(7-5-17)24(27)28-3/h4-9,12-14H,10-11H2,1-3H3. The van der Waals surface area contributed by atoms with Crippen molar-refractivity contribution >= 4 is 28.3 Å². The smallest absolute Gasteiger partial charge is 0.337 e. The fraction of sp³-hybridized carbons (Fsp3) is 0.208. The van der Waals surface area contributed by atoms with Crippen molar-refractivity contribution in [3.05, 3.63) is 82.4 Å². The molecule has 0 aliphatic rings. The zero-order valence-corrected chi connectivity index (χ0v) is 16.2. The molecule has 0 fully saturated rings. The Balaban J connectivity index is 1.69. The first-order chi connectivity index (χ1) is 13.4. The van der Waals surface area contributed by atoms with E-state index < -0.39 is 5.97 Å². The Morgan fingerprint density at radius 3 is 1.96 bits per heavy atom. The van der Waals surface area contributed by atoms with Crippen LogP contribution in [0.5, 0.6) is 0 Å². The third-order valence-electron chi connectivity index (χ3n) is 4.83. The number of fused-ring (bicyclic) bond motifs is 1. The van der Waals surface area contributed by atoms with E-state index in [2.05, 4.69) is 23.8 Å². The number of carbonyl (C=O) groups excluding carboxylic acids is 3. The molecule has 142 valence electrons. The van der Waals surface area contributed by atoms with Crippen LogP contribution in [-0.2, 0) is 4.74 Å². The van der Waals surface area contributed by atoms with Crippen LogP contribution in [0.25, 0.3) is 10.8 Å². The maximum atomic E-state index is 12.6. The van der Waals surface area contributed by atoms with Crippen molar-refractivity contribution in [2.45, 2.75) is 26.7 Å². The van der Waals surface area contributed by atoms with Crippen LogP contribution in [0.1, 0.15) is 55.0 Å². The number of esters is 1. The Hall–Kier alpha value is -3.27. The molecule has 3 rings (SSSR count). The summed E-state index contributed by atoms with van der Waals surface area (Å²) in [6, 6.07) is 16.1. The monoisotopic (exact) mass is 374 g/mol. The molecule has 0 radical (unpaired) electrons. The molecule has 0 saturated carbocycles. The van der Waals surface area contributed by atoms with Crippen LogP contribution >= 0.6 is 0 Å². The molecular weight excluding hydrogens is 352 g/mol. The van der Waals surface area contributed by atoms with Crippen molar-refractivity contribution in [1.82, 2.24) is 0 Å². The number of rotatable bonds is 6. The Kier molecular flexibility index (Phi) is 5.69. The van der Waals surface area contributed by atoms with Gasteiger partial charge in [0, 0.05) is 24.0 Å². The molecule has 0 spiro atoms. The number of methoxy groups -OCH3 is 1. The first-order valence-corrected chi connectivity index (χ1v) is 9.15. The molecule has 3 aromatic carbocycles. The lowest BCUT2D eigenvalue weighted by Crippen LogP contribution is -2.06. The maximum absolute atomic E-state index is 12.6. The molecule has 0 aromatic heterocycles. The van der Waals surface area contributed by atoms with Gasteiger partial charge in [-0.1, -0.05) is 42.0 Å². The van der Waals surface area contributed by atoms with E-state index in [-0.39, 0.29) is 24.4 Å². The molecule has 28 heavy (non-hydrogen) atoms. The number of ether oxygens (including phenoxy) is 1. The van der Waals surface area contributed by atoms with Gasteiger partial charge in [0.2, 0.25) is 0 Å². The van der Waals surface area contributed by atoms with E-state index in [9.17, 15) is 14.4 Å². The van der Waals surface area contributed by atoms with Crippen LogP contribution in [0.4, 0.5) is 0 Å². The van der Waals surface area contributed by atoms with Gasteiger partial charge in [-0.25, -0.2) is 4.79 Å². The molecule has 0 aliphatic heterocycles. The van der Waals surface area contributed by atoms with Crippen LogP contribution in [0, 0.1) is 13.8 Å². The van der Waals surface area contributed by atoms with Crippen LogP contribution < -0.4 is 0 Å². The molecule has 0 unspecified atom stereocenters. The lowest BCUT2D eigenvalue weighted by molar-refractivity contribution is 0.0600. The van der Waals surface area contributed by atoms with Crippen LogP contribution in [0.3, 0.4) is 0 Å². The topological polar surface area (TPSA) is 60.4 Å². The zero-order chi connectivity index (χ0) is 20.3. The van der Waals surface area contributed by atoms with Crippen molar-refractivity contribution < 1.29 is 19.1 Å². The normalized spacial score (nSPS) is 10.7. The highest BCUT2D eigenvalue weighted by atomic mass is 16.5. The van der Waals surface area contributed by atoms with Crippen molar-refractivity contribution in [3.63, 3.8) is 0 Å². The summed E-state index contributed by atoms with van der Waals surface area (Å²) < 4.78 is 4.64. The average molecular weight is 374 g/mol. The van der Waals surface area contributed by atoms with Crippen molar-refractivity contribution in [3.8, 4) is 0 Å². The van der Waals surface area contributed by atoms with E-state index in [1.165, 1.54) is 12.7 Å². The van der Waals surface area contributed by atoms with Gasteiger partial charge >= 0.3 is 5.97 Å². The van der Waals surface area contributed by atoms with Crippen LogP contribution in [-0.4, -0.2) is 24.6 Å². The first-order valence-electron chi connectivity index (χ1n) is 9.15. The molecular formula is C24H22O4. The van der Waals surface area contributed by atoms with Crippen LogP contribution in [0.15, 0.2) is 54.6 Å². The number of aryl methyl sites for hydroxylation is 2. The quantitative estimate of drug-likeness (QED) is 0.445. The first kappa shape index (κ1) is 19.5. The van der Waals surface area contributed by atoms with Crippen molar-refractivity contribution in [1.29, 1.82) is 0 Å². The minimum absolute atomic E-state index is 0.0550. The van der Waals surface area contributed by atoms with Gasteiger partial charge in [-0.3, -0.25) is 9.59 Å². The maximum Gasteiger partial charge on any atom is 0.337 e. The lowest BCUT2D eigenvalue weighted by Gasteiger charge is -2.07. The van der Waals surface area contributed by atoms with Gasteiger partial charge in [-0.05, 0) is 48.4 Å². The third-order valence-corrected chi connectivity index (χ3v) is 4.83. The summed E-state index contributed by atoms with van der Waals surface area (Å²) in [4.78, 5) is 36.4. The molecule has 0 amide bonds. The molecule has 0 aliphatic carbocycles. The Morgan fingerprint density at radius 2 is 1.32 bits per heavy atom. The highest BCUT2D eigenvalue weighted by molar-refractivity contribution is 6.04. The molecule has 0 saturated heterocycles. The van der Waals surface area contributed by atoms with E-state index in [0.29, 0.717) is 16.7 Å². The predicted octanol–water partition coefficient (Wildman–Crippen LogP) is 5.09. The highest BCUT2D eigenvalue weighted by Gasteiger charge is 2.13. The number of ketones is 2. The molecule has 4 heteroatoms. The Bertz CT molecular complexity index is 1060. The second-order valence-corrected chi connectivity index (χ2v) is 6.93. The summed E-state index contributed by atoms with van der Waals surface area (Å²) in [5.41, 5.74) is 3.81. The molecule has 0 heterocycles. The number of hydrogen-bond donors (Lipinski definition) is 0. The van der Waals surface area contributed by atoms with Crippen molar-refractivity contribution in [2.24, 2.45) is 0 Å². The highest BCUT2D eigenvalue weighted by Crippen LogP contribution is 2.23. The molecule has 0 bridgehead atoms. The average Bonchev–Trinajstić information content (AvgIpc) is 2.70. The van der Waals surface area contributed by atoms with E-state index in [1.54, 1.807) is 24.3 Å². The van der Waals surface area contributed by atoms with Gasteiger partial charge in [-0.15, -0.1) is 0 Å². The SMILES string of the molecule is COC(=O)c1ccc(C(=O)CCC(=O)c2ccc3c(C)cc(C)cc3c2)cc1. The van der Waals surface area contributed by atoms with Gasteiger partial charge in [0.15, 0.2) is 11.6 Å². The number of carbonyl (C=O) groups is 3. The van der Waals surface area contributed by atoms with E-state index in [4.69, 9.17) is 0 Å². The summed E-state index contributed by atoms with van der Waals surface area (Å²) in [7, 11) is 1.31. The largest absolute Gasteiger partial charge is 0.465 e. The summed E-state index contributed by atoms with van der Waals surface area (Å²) >= 11 is 0. The molecule has 0 N–H and O–H groups in total. The summed E-state index contributed by atoms with van der Waals surface area (Å²) in [6.07, 6.45) is 0.273. The van der Waals surface area contributed by atoms with E-state index >= 15 is 0 Å². The third kappa shape index (κ3) is 4.17. The zero-order valence-electron chi connectivity index (χ0n) is 16.2. The summed E-state index contributed by atoms with van der Waals surface area (Å²) in [5.74, 6) is -0.631. The molecule has 4 nitrogen and oxygen atoms in total.